The van der Waals surface area contributed by atoms with Gasteiger partial charge in [0.15, 0.2) is 5.69 Å². The minimum absolute atomic E-state index is 0.582. The molecule has 6 nitrogen and oxygen atoms in total. The lowest BCUT2D eigenvalue weighted by atomic mass is 9.98. The first-order valence-corrected chi connectivity index (χ1v) is 17.1. The third-order valence-corrected chi connectivity index (χ3v) is 10.5. The highest BCUT2D eigenvalue weighted by Crippen LogP contribution is 2.51. The zero-order valence-corrected chi connectivity index (χ0v) is 27.5. The standard InChI is InChI=1S/C46H24N6/c1-48-30-18-22-41-43(24-30)51(42-12-6-9-35-37-23-29(17-21-40(37)52(41)46(35)42)28-15-13-27(26-47)14-16-28)31-19-20-34-36(25-31)32-7-2-3-8-33(32)44-45(34)50-39-11-5-4-10-38(39)49-44/h2-25H. The lowest BCUT2D eigenvalue weighted by Gasteiger charge is -2.33. The van der Waals surface area contributed by atoms with Crippen molar-refractivity contribution >= 4 is 88.2 Å². The summed E-state index contributed by atoms with van der Waals surface area (Å²) in [5.41, 5.74) is 13.1. The molecule has 0 saturated heterocycles. The summed E-state index contributed by atoms with van der Waals surface area (Å²) in [6.45, 7) is 7.92. The SMILES string of the molecule is [C-]#[N+]c1ccc2c(c1)N(c1ccc3c(c1)c1ccccc1c1nc4ccccc4nc31)c1cccc3c4cc(-c5ccc(C#N)cc5)ccc4n-2c13. The average molecular weight is 661 g/mol. The van der Waals surface area contributed by atoms with Crippen LogP contribution in [0.15, 0.2) is 146 Å². The van der Waals surface area contributed by atoms with Gasteiger partial charge in [0.2, 0.25) is 0 Å². The van der Waals surface area contributed by atoms with Crippen molar-refractivity contribution in [1.29, 1.82) is 5.26 Å². The smallest absolute Gasteiger partial charge is 0.189 e. The van der Waals surface area contributed by atoms with Crippen LogP contribution >= 0.6 is 0 Å². The molecule has 2 aromatic heterocycles. The minimum Gasteiger partial charge on any atom is -0.308 e. The van der Waals surface area contributed by atoms with E-state index in [1.54, 1.807) is 0 Å². The molecule has 6 heteroatoms. The van der Waals surface area contributed by atoms with Crippen LogP contribution in [-0.2, 0) is 0 Å². The molecular formula is C46H24N6. The summed E-state index contributed by atoms with van der Waals surface area (Å²) in [7, 11) is 0. The van der Waals surface area contributed by atoms with Gasteiger partial charge in [-0.1, -0.05) is 78.9 Å². The number of hydrogen-bond donors (Lipinski definition) is 0. The third kappa shape index (κ3) is 3.86. The van der Waals surface area contributed by atoms with Crippen LogP contribution in [0, 0.1) is 17.9 Å². The van der Waals surface area contributed by atoms with Crippen molar-refractivity contribution in [3.05, 3.63) is 163 Å². The Kier molecular flexibility index (Phi) is 5.71. The zero-order chi connectivity index (χ0) is 34.5. The van der Waals surface area contributed by atoms with Crippen molar-refractivity contribution in [3.63, 3.8) is 0 Å². The van der Waals surface area contributed by atoms with E-state index in [1.165, 1.54) is 0 Å². The van der Waals surface area contributed by atoms with Gasteiger partial charge in [-0.25, -0.2) is 14.8 Å². The van der Waals surface area contributed by atoms with Gasteiger partial charge < -0.3 is 9.47 Å². The third-order valence-electron chi connectivity index (χ3n) is 10.5. The molecule has 0 bridgehead atoms. The van der Waals surface area contributed by atoms with Crippen LogP contribution in [0.2, 0.25) is 0 Å². The van der Waals surface area contributed by atoms with Crippen LogP contribution in [0.5, 0.6) is 0 Å². The highest BCUT2D eigenvalue weighted by molar-refractivity contribution is 6.25. The normalized spacial score (nSPS) is 12.2. The summed E-state index contributed by atoms with van der Waals surface area (Å²) in [6, 6.07) is 52.1. The van der Waals surface area contributed by atoms with Crippen molar-refractivity contribution < 1.29 is 0 Å². The fraction of sp³-hybridized carbons (Fsp3) is 0. The van der Waals surface area contributed by atoms with Gasteiger partial charge in [-0.15, -0.1) is 0 Å². The number of fused-ring (bicyclic) bond motifs is 12. The molecule has 0 aliphatic carbocycles. The number of nitrogens with zero attached hydrogens (tertiary/aromatic N) is 6. The van der Waals surface area contributed by atoms with E-state index in [4.69, 9.17) is 16.5 Å². The summed E-state index contributed by atoms with van der Waals surface area (Å²) in [5, 5.41) is 15.9. The maximum Gasteiger partial charge on any atom is 0.189 e. The van der Waals surface area contributed by atoms with Crippen molar-refractivity contribution in [3.8, 4) is 22.9 Å². The molecule has 8 aromatic carbocycles. The summed E-state index contributed by atoms with van der Waals surface area (Å²) >= 11 is 0. The van der Waals surface area contributed by atoms with E-state index in [0.717, 1.165) is 99.3 Å². The summed E-state index contributed by atoms with van der Waals surface area (Å²) in [4.78, 5) is 16.4. The van der Waals surface area contributed by atoms with Gasteiger partial charge in [-0.05, 0) is 88.6 Å². The number of aromatic nitrogens is 3. The number of nitriles is 1. The van der Waals surface area contributed by atoms with Gasteiger partial charge in [0.25, 0.3) is 0 Å². The molecule has 10 aromatic rings. The largest absolute Gasteiger partial charge is 0.308 e. The zero-order valence-electron chi connectivity index (χ0n) is 27.5. The van der Waals surface area contributed by atoms with Gasteiger partial charge in [0, 0.05) is 27.2 Å². The number of hydrogen-bond acceptors (Lipinski definition) is 4. The topological polar surface area (TPSA) is 62.1 Å². The molecule has 0 amide bonds. The molecule has 0 fully saturated rings. The van der Waals surface area contributed by atoms with E-state index in [0.29, 0.717) is 11.3 Å². The molecule has 11 rings (SSSR count). The maximum atomic E-state index is 9.33. The molecule has 3 heterocycles. The summed E-state index contributed by atoms with van der Waals surface area (Å²) < 4.78 is 2.34. The molecule has 0 unspecified atom stereocenters. The number of para-hydroxylation sites is 3. The van der Waals surface area contributed by atoms with Gasteiger partial charge in [-0.2, -0.15) is 5.26 Å². The van der Waals surface area contributed by atoms with Gasteiger partial charge in [-0.3, -0.25) is 0 Å². The second-order valence-electron chi connectivity index (χ2n) is 13.2. The van der Waals surface area contributed by atoms with Gasteiger partial charge in [0.1, 0.15) is 0 Å². The van der Waals surface area contributed by atoms with E-state index in [1.807, 2.05) is 60.7 Å². The molecule has 52 heavy (non-hydrogen) atoms. The lowest BCUT2D eigenvalue weighted by molar-refractivity contribution is 1.11. The lowest BCUT2D eigenvalue weighted by Crippen LogP contribution is -2.18. The fourth-order valence-electron chi connectivity index (χ4n) is 8.16. The fourth-order valence-corrected chi connectivity index (χ4v) is 8.16. The predicted octanol–water partition coefficient (Wildman–Crippen LogP) is 12.1. The van der Waals surface area contributed by atoms with Gasteiger partial charge >= 0.3 is 0 Å². The number of rotatable bonds is 2. The predicted molar refractivity (Wildman–Crippen MR) is 211 cm³/mol. The molecule has 0 atom stereocenters. The van der Waals surface area contributed by atoms with Crippen LogP contribution in [0.3, 0.4) is 0 Å². The van der Waals surface area contributed by atoms with E-state index in [2.05, 4.69) is 105 Å². The highest BCUT2D eigenvalue weighted by Gasteiger charge is 2.29. The Bertz CT molecular complexity index is 3270. The monoisotopic (exact) mass is 660 g/mol. The molecule has 0 radical (unpaired) electrons. The van der Waals surface area contributed by atoms with Crippen LogP contribution in [0.1, 0.15) is 5.56 Å². The Morgan fingerprint density at radius 3 is 2.02 bits per heavy atom. The van der Waals surface area contributed by atoms with E-state index < -0.39 is 0 Å². The van der Waals surface area contributed by atoms with E-state index in [-0.39, 0.29) is 0 Å². The van der Waals surface area contributed by atoms with Crippen LogP contribution in [0.25, 0.3) is 87.1 Å². The first-order chi connectivity index (χ1) is 25.7. The molecule has 1 aliphatic rings. The first-order valence-electron chi connectivity index (χ1n) is 17.1. The van der Waals surface area contributed by atoms with Gasteiger partial charge in [0.05, 0.1) is 68.4 Å². The van der Waals surface area contributed by atoms with Crippen molar-refractivity contribution in [2.24, 2.45) is 0 Å². The minimum atomic E-state index is 0.582. The summed E-state index contributed by atoms with van der Waals surface area (Å²) in [6.07, 6.45) is 0. The second kappa shape index (κ2) is 10.5. The first kappa shape index (κ1) is 28.3. The van der Waals surface area contributed by atoms with E-state index >= 15 is 0 Å². The second-order valence-corrected chi connectivity index (χ2v) is 13.2. The van der Waals surface area contributed by atoms with Crippen molar-refractivity contribution in [2.45, 2.75) is 0 Å². The van der Waals surface area contributed by atoms with Crippen LogP contribution in [-0.4, -0.2) is 14.5 Å². The van der Waals surface area contributed by atoms with Crippen molar-refractivity contribution in [1.82, 2.24) is 14.5 Å². The molecule has 1 aliphatic heterocycles. The Hall–Kier alpha value is -7.54. The van der Waals surface area contributed by atoms with Crippen molar-refractivity contribution in [2.75, 3.05) is 4.90 Å². The molecule has 0 spiro atoms. The number of benzene rings is 8. The molecule has 0 N–H and O–H groups in total. The molecular weight excluding hydrogens is 637 g/mol. The van der Waals surface area contributed by atoms with Crippen LogP contribution < -0.4 is 4.90 Å². The van der Waals surface area contributed by atoms with Crippen LogP contribution in [0.4, 0.5) is 22.7 Å². The number of anilines is 3. The molecule has 238 valence electrons. The Balaban J connectivity index is 1.19. The Morgan fingerprint density at radius 1 is 0.538 bits per heavy atom. The highest BCUT2D eigenvalue weighted by atomic mass is 15.2. The quantitative estimate of drug-likeness (QED) is 0.105. The summed E-state index contributed by atoms with van der Waals surface area (Å²) in [5.74, 6) is 0. The average Bonchev–Trinajstić information content (AvgIpc) is 3.55. The maximum absolute atomic E-state index is 9.33. The Morgan fingerprint density at radius 2 is 1.25 bits per heavy atom. The Labute approximate surface area is 297 Å². The van der Waals surface area contributed by atoms with E-state index in [9.17, 15) is 5.26 Å². The molecule has 0 saturated carbocycles.